The van der Waals surface area contributed by atoms with Crippen molar-refractivity contribution in [2.45, 2.75) is 57.7 Å². The number of ether oxygens (including phenoxy) is 1. The Morgan fingerprint density at radius 3 is 2.81 bits per heavy atom. The van der Waals surface area contributed by atoms with E-state index in [2.05, 4.69) is 10.6 Å². The summed E-state index contributed by atoms with van der Waals surface area (Å²) in [5.41, 5.74) is -0.408. The number of rotatable bonds is 1. The summed E-state index contributed by atoms with van der Waals surface area (Å²) in [6.07, 6.45) is 3.46. The molecule has 1 aliphatic heterocycles. The van der Waals surface area contributed by atoms with Crippen LogP contribution in [0, 0.1) is 5.92 Å². The third kappa shape index (κ3) is 2.88. The zero-order chi connectivity index (χ0) is 11.8. The first kappa shape index (κ1) is 11.7. The second-order valence-electron chi connectivity index (χ2n) is 5.81. The zero-order valence-corrected chi connectivity index (χ0v) is 10.4. The van der Waals surface area contributed by atoms with Crippen molar-refractivity contribution in [2.24, 2.45) is 5.92 Å². The molecule has 3 atom stereocenters. The van der Waals surface area contributed by atoms with Gasteiger partial charge >= 0.3 is 6.09 Å². The quantitative estimate of drug-likeness (QED) is 0.715. The number of alkyl carbamates (subject to hydrolysis) is 1. The molecule has 4 heteroatoms. The molecule has 0 aromatic heterocycles. The van der Waals surface area contributed by atoms with Crippen LogP contribution in [0.2, 0.25) is 0 Å². The molecule has 0 bridgehead atoms. The third-order valence-electron chi connectivity index (χ3n) is 3.20. The summed E-state index contributed by atoms with van der Waals surface area (Å²) < 4.78 is 5.25. The molecule has 0 aromatic carbocycles. The Hall–Kier alpha value is -0.770. The topological polar surface area (TPSA) is 50.4 Å². The summed E-state index contributed by atoms with van der Waals surface area (Å²) in [4.78, 5) is 11.6. The molecular weight excluding hydrogens is 204 g/mol. The molecule has 2 aliphatic rings. The highest BCUT2D eigenvalue weighted by Crippen LogP contribution is 2.37. The van der Waals surface area contributed by atoms with E-state index < -0.39 is 5.60 Å². The van der Waals surface area contributed by atoms with Crippen molar-refractivity contribution in [1.29, 1.82) is 0 Å². The molecule has 2 N–H and O–H groups in total. The van der Waals surface area contributed by atoms with Gasteiger partial charge in [-0.15, -0.1) is 0 Å². The van der Waals surface area contributed by atoms with Crippen molar-refractivity contribution in [2.75, 3.05) is 6.54 Å². The second kappa shape index (κ2) is 4.24. The van der Waals surface area contributed by atoms with Gasteiger partial charge in [0, 0.05) is 6.04 Å². The highest BCUT2D eigenvalue weighted by atomic mass is 16.6. The molecule has 2 rings (SSSR count). The van der Waals surface area contributed by atoms with E-state index in [4.69, 9.17) is 4.74 Å². The first-order chi connectivity index (χ1) is 7.47. The van der Waals surface area contributed by atoms with Gasteiger partial charge in [0.2, 0.25) is 0 Å². The van der Waals surface area contributed by atoms with E-state index >= 15 is 0 Å². The van der Waals surface area contributed by atoms with Crippen LogP contribution >= 0.6 is 0 Å². The van der Waals surface area contributed by atoms with Crippen LogP contribution in [0.5, 0.6) is 0 Å². The first-order valence-electron chi connectivity index (χ1n) is 6.20. The fraction of sp³-hybridized carbons (Fsp3) is 0.917. The van der Waals surface area contributed by atoms with Crippen LogP contribution < -0.4 is 10.6 Å². The Morgan fingerprint density at radius 2 is 2.12 bits per heavy atom. The Kier molecular flexibility index (Phi) is 3.10. The van der Waals surface area contributed by atoms with Gasteiger partial charge in [-0.05, 0) is 46.1 Å². The molecule has 0 radical (unpaired) electrons. The number of amides is 1. The van der Waals surface area contributed by atoms with Crippen LogP contribution in [0.1, 0.15) is 40.0 Å². The Morgan fingerprint density at radius 1 is 1.38 bits per heavy atom. The Bertz CT molecular complexity index is 261. The smallest absolute Gasteiger partial charge is 0.407 e. The van der Waals surface area contributed by atoms with Crippen molar-refractivity contribution >= 4 is 6.09 Å². The lowest BCUT2D eigenvalue weighted by molar-refractivity contribution is 0.0519. The molecular formula is C12H22N2O2. The first-order valence-corrected chi connectivity index (χ1v) is 6.20. The molecule has 4 nitrogen and oxygen atoms in total. The number of fused-ring (bicyclic) bond motifs is 1. The Balaban J connectivity index is 1.77. The average Bonchev–Trinajstić information content (AvgIpc) is 2.79. The van der Waals surface area contributed by atoms with Gasteiger partial charge in [0.1, 0.15) is 5.60 Å². The van der Waals surface area contributed by atoms with Gasteiger partial charge in [-0.3, -0.25) is 0 Å². The van der Waals surface area contributed by atoms with Crippen molar-refractivity contribution in [3.63, 3.8) is 0 Å². The van der Waals surface area contributed by atoms with E-state index in [1.165, 1.54) is 19.3 Å². The van der Waals surface area contributed by atoms with Crippen molar-refractivity contribution in [3.8, 4) is 0 Å². The standard InChI is InChI=1S/C12H22N2O2/c1-12(2,3)16-11(15)14-10-8-6-4-5-7-13-9(8)10/h8-10,13H,4-7H2,1-3H3,(H,14,15). The van der Waals surface area contributed by atoms with Crippen LogP contribution in [-0.2, 0) is 4.74 Å². The summed E-state index contributed by atoms with van der Waals surface area (Å²) >= 11 is 0. The number of hydrogen-bond donors (Lipinski definition) is 2. The predicted octanol–water partition coefficient (Wildman–Crippen LogP) is 1.65. The maximum atomic E-state index is 11.6. The number of nitrogens with one attached hydrogen (secondary N) is 2. The lowest BCUT2D eigenvalue weighted by Gasteiger charge is -2.20. The zero-order valence-electron chi connectivity index (χ0n) is 10.4. The van der Waals surface area contributed by atoms with Gasteiger partial charge < -0.3 is 15.4 Å². The van der Waals surface area contributed by atoms with Crippen molar-refractivity contribution in [1.82, 2.24) is 10.6 Å². The van der Waals surface area contributed by atoms with Gasteiger partial charge in [0.05, 0.1) is 6.04 Å². The molecule has 16 heavy (non-hydrogen) atoms. The van der Waals surface area contributed by atoms with Crippen LogP contribution in [0.4, 0.5) is 4.79 Å². The van der Waals surface area contributed by atoms with Crippen LogP contribution in [0.25, 0.3) is 0 Å². The molecule has 1 saturated heterocycles. The lowest BCUT2D eigenvalue weighted by Crippen LogP contribution is -2.37. The normalized spacial score (nSPS) is 33.6. The summed E-state index contributed by atoms with van der Waals surface area (Å²) in [7, 11) is 0. The SMILES string of the molecule is CC(C)(C)OC(=O)NC1C2CCCCNC21. The maximum Gasteiger partial charge on any atom is 0.407 e. The fourth-order valence-electron chi connectivity index (χ4n) is 2.43. The third-order valence-corrected chi connectivity index (χ3v) is 3.20. The molecule has 1 heterocycles. The van der Waals surface area contributed by atoms with Crippen LogP contribution in [0.3, 0.4) is 0 Å². The molecule has 1 amide bonds. The van der Waals surface area contributed by atoms with E-state index in [9.17, 15) is 4.79 Å². The highest BCUT2D eigenvalue weighted by Gasteiger charge is 2.51. The highest BCUT2D eigenvalue weighted by molar-refractivity contribution is 5.69. The van der Waals surface area contributed by atoms with Gasteiger partial charge in [0.15, 0.2) is 0 Å². The van der Waals surface area contributed by atoms with Crippen molar-refractivity contribution in [3.05, 3.63) is 0 Å². The summed E-state index contributed by atoms with van der Waals surface area (Å²) in [5.74, 6) is 0.620. The monoisotopic (exact) mass is 226 g/mol. The van der Waals surface area contributed by atoms with E-state index in [1.807, 2.05) is 20.8 Å². The molecule has 1 aliphatic carbocycles. The number of carbonyl (C=O) groups excluding carboxylic acids is 1. The van der Waals surface area contributed by atoms with E-state index in [0.717, 1.165) is 6.54 Å². The van der Waals surface area contributed by atoms with Gasteiger partial charge in [-0.2, -0.15) is 0 Å². The molecule has 0 spiro atoms. The predicted molar refractivity (Wildman–Crippen MR) is 62.3 cm³/mol. The lowest BCUT2D eigenvalue weighted by atomic mass is 10.2. The number of hydrogen-bond acceptors (Lipinski definition) is 3. The average molecular weight is 226 g/mol. The molecule has 2 fully saturated rings. The van der Waals surface area contributed by atoms with Crippen molar-refractivity contribution < 1.29 is 9.53 Å². The minimum Gasteiger partial charge on any atom is -0.444 e. The summed E-state index contributed by atoms with van der Waals surface area (Å²) in [5, 5.41) is 6.42. The number of carbonyl (C=O) groups is 1. The Labute approximate surface area is 97.1 Å². The summed E-state index contributed by atoms with van der Waals surface area (Å²) in [6, 6.07) is 0.769. The second-order valence-corrected chi connectivity index (χ2v) is 5.81. The molecule has 0 aromatic rings. The largest absolute Gasteiger partial charge is 0.444 e. The molecule has 3 unspecified atom stereocenters. The summed E-state index contributed by atoms with van der Waals surface area (Å²) in [6.45, 7) is 6.73. The van der Waals surface area contributed by atoms with E-state index in [-0.39, 0.29) is 12.1 Å². The molecule has 1 saturated carbocycles. The van der Waals surface area contributed by atoms with Crippen LogP contribution in [0.15, 0.2) is 0 Å². The van der Waals surface area contributed by atoms with E-state index in [0.29, 0.717) is 12.0 Å². The minimum atomic E-state index is -0.408. The minimum absolute atomic E-state index is 0.285. The van der Waals surface area contributed by atoms with Gasteiger partial charge in [-0.25, -0.2) is 4.79 Å². The molecule has 92 valence electrons. The maximum absolute atomic E-state index is 11.6. The van der Waals surface area contributed by atoms with Crippen LogP contribution in [-0.4, -0.2) is 30.3 Å². The fourth-order valence-corrected chi connectivity index (χ4v) is 2.43. The van der Waals surface area contributed by atoms with E-state index in [1.54, 1.807) is 0 Å². The van der Waals surface area contributed by atoms with Gasteiger partial charge in [0.25, 0.3) is 0 Å². The van der Waals surface area contributed by atoms with Gasteiger partial charge in [-0.1, -0.05) is 6.42 Å².